The van der Waals surface area contributed by atoms with Crippen LogP contribution < -0.4 is 10.1 Å². The molecule has 2 rings (SSSR count). The number of halogens is 3. The summed E-state index contributed by atoms with van der Waals surface area (Å²) in [5.41, 5.74) is 0.291. The van der Waals surface area contributed by atoms with Gasteiger partial charge in [-0.15, -0.1) is 0 Å². The molecule has 1 aliphatic rings. The van der Waals surface area contributed by atoms with E-state index >= 15 is 0 Å². The first-order chi connectivity index (χ1) is 9.19. The number of rotatable bonds is 2. The monoisotopic (exact) mass is 293 g/mol. The number of aliphatic carboxylic acids is 1. The first kappa shape index (κ1) is 16.3. The van der Waals surface area contributed by atoms with E-state index in [4.69, 9.17) is 14.6 Å². The number of carboxylic acids is 1. The van der Waals surface area contributed by atoms with Crippen molar-refractivity contribution in [2.24, 2.45) is 0 Å². The van der Waals surface area contributed by atoms with E-state index in [1.165, 1.54) is 0 Å². The third kappa shape index (κ3) is 4.10. The average molecular weight is 293 g/mol. The molecule has 0 unspecified atom stereocenters. The number of benzene rings is 1. The maximum Gasteiger partial charge on any atom is 0.490 e. The Kier molecular flexibility index (Phi) is 4.96. The third-order valence-corrected chi connectivity index (χ3v) is 2.70. The van der Waals surface area contributed by atoms with Crippen molar-refractivity contribution in [3.63, 3.8) is 0 Å². The van der Waals surface area contributed by atoms with Gasteiger partial charge < -0.3 is 20.3 Å². The predicted molar refractivity (Wildman–Crippen MR) is 63.5 cm³/mol. The smallest absolute Gasteiger partial charge is 0.490 e. The second-order valence-electron chi connectivity index (χ2n) is 4.17. The van der Waals surface area contributed by atoms with Gasteiger partial charge in [0.2, 0.25) is 0 Å². The molecule has 0 aliphatic carbocycles. The van der Waals surface area contributed by atoms with Crippen LogP contribution in [0.5, 0.6) is 5.75 Å². The summed E-state index contributed by atoms with van der Waals surface area (Å²) in [6.45, 7) is 1.28. The van der Waals surface area contributed by atoms with Gasteiger partial charge in [-0.3, -0.25) is 0 Å². The molecule has 0 amide bonds. The fraction of sp³-hybridized carbons (Fsp3) is 0.417. The summed E-state index contributed by atoms with van der Waals surface area (Å²) >= 11 is 0. The van der Waals surface area contributed by atoms with Crippen molar-refractivity contribution in [3.05, 3.63) is 29.8 Å². The molecule has 0 bridgehead atoms. The Morgan fingerprint density at radius 1 is 1.30 bits per heavy atom. The Hall–Kier alpha value is -1.80. The Labute approximate surface area is 113 Å². The normalized spacial score (nSPS) is 16.4. The fourth-order valence-corrected chi connectivity index (χ4v) is 1.47. The largest absolute Gasteiger partial charge is 0.497 e. The van der Waals surface area contributed by atoms with E-state index in [-0.39, 0.29) is 0 Å². The summed E-state index contributed by atoms with van der Waals surface area (Å²) in [5, 5.41) is 20.1. The highest BCUT2D eigenvalue weighted by molar-refractivity contribution is 5.73. The summed E-state index contributed by atoms with van der Waals surface area (Å²) < 4.78 is 36.8. The summed E-state index contributed by atoms with van der Waals surface area (Å²) in [6, 6.07) is 7.54. The lowest BCUT2D eigenvalue weighted by Gasteiger charge is -2.38. The molecule has 1 heterocycles. The fourth-order valence-electron chi connectivity index (χ4n) is 1.47. The summed E-state index contributed by atoms with van der Waals surface area (Å²) in [6.07, 6.45) is -5.08. The van der Waals surface area contributed by atoms with Gasteiger partial charge in [0.05, 0.1) is 7.11 Å². The molecule has 1 saturated heterocycles. The van der Waals surface area contributed by atoms with Gasteiger partial charge in [-0.25, -0.2) is 4.79 Å². The highest BCUT2D eigenvalue weighted by atomic mass is 19.4. The molecule has 0 atom stereocenters. The lowest BCUT2D eigenvalue weighted by molar-refractivity contribution is -0.192. The van der Waals surface area contributed by atoms with Crippen LogP contribution in [0.1, 0.15) is 5.56 Å². The number of alkyl halides is 3. The van der Waals surface area contributed by atoms with Gasteiger partial charge in [0, 0.05) is 13.1 Å². The number of nitrogens with one attached hydrogen (secondary N) is 1. The van der Waals surface area contributed by atoms with Gasteiger partial charge in [-0.05, 0) is 17.7 Å². The molecular weight excluding hydrogens is 279 g/mol. The molecule has 20 heavy (non-hydrogen) atoms. The Morgan fingerprint density at radius 2 is 1.75 bits per heavy atom. The van der Waals surface area contributed by atoms with Crippen LogP contribution in [-0.2, 0) is 10.4 Å². The molecule has 112 valence electrons. The molecule has 0 aromatic heterocycles. The molecule has 0 saturated carbocycles. The van der Waals surface area contributed by atoms with Crippen molar-refractivity contribution in [1.82, 2.24) is 5.32 Å². The molecule has 0 spiro atoms. The third-order valence-electron chi connectivity index (χ3n) is 2.70. The maximum absolute atomic E-state index is 10.6. The number of hydrogen-bond donors (Lipinski definition) is 3. The van der Waals surface area contributed by atoms with E-state index in [2.05, 4.69) is 5.32 Å². The summed E-state index contributed by atoms with van der Waals surface area (Å²) in [5.74, 6) is -1.94. The van der Waals surface area contributed by atoms with Crippen molar-refractivity contribution >= 4 is 5.97 Å². The van der Waals surface area contributed by atoms with Crippen molar-refractivity contribution < 1.29 is 32.9 Å². The zero-order chi connectivity index (χ0) is 15.4. The van der Waals surface area contributed by atoms with Crippen LogP contribution in [0.25, 0.3) is 0 Å². The molecule has 3 N–H and O–H groups in total. The van der Waals surface area contributed by atoms with Crippen molar-refractivity contribution in [2.75, 3.05) is 20.2 Å². The minimum atomic E-state index is -5.08. The molecule has 1 aromatic carbocycles. The molecule has 8 heteroatoms. The second-order valence-corrected chi connectivity index (χ2v) is 4.17. The number of aliphatic hydroxyl groups is 1. The van der Waals surface area contributed by atoms with Crippen LogP contribution in [0.4, 0.5) is 13.2 Å². The second kappa shape index (κ2) is 6.10. The number of carboxylic acid groups (broad SMARTS) is 1. The summed E-state index contributed by atoms with van der Waals surface area (Å²) in [4.78, 5) is 8.90. The van der Waals surface area contributed by atoms with Gasteiger partial charge in [0.15, 0.2) is 0 Å². The van der Waals surface area contributed by atoms with Gasteiger partial charge in [0.1, 0.15) is 11.4 Å². The van der Waals surface area contributed by atoms with Crippen LogP contribution in [-0.4, -0.2) is 42.6 Å². The molecule has 1 aromatic rings. The van der Waals surface area contributed by atoms with Gasteiger partial charge in [-0.2, -0.15) is 13.2 Å². The van der Waals surface area contributed by atoms with E-state index in [9.17, 15) is 18.3 Å². The molecule has 5 nitrogen and oxygen atoms in total. The summed E-state index contributed by atoms with van der Waals surface area (Å²) in [7, 11) is 1.63. The molecule has 1 aliphatic heterocycles. The van der Waals surface area contributed by atoms with Crippen LogP contribution >= 0.6 is 0 Å². The van der Waals surface area contributed by atoms with Crippen LogP contribution in [0.2, 0.25) is 0 Å². The van der Waals surface area contributed by atoms with E-state index in [1.54, 1.807) is 7.11 Å². The van der Waals surface area contributed by atoms with E-state index in [1.807, 2.05) is 24.3 Å². The minimum absolute atomic E-state index is 0.638. The Bertz CT molecular complexity index is 455. The molecule has 1 fully saturated rings. The van der Waals surface area contributed by atoms with Crippen molar-refractivity contribution in [3.8, 4) is 5.75 Å². The number of β-amino-alcohol motifs (C(OH)–C–C–N with tert-alkyl or cyclic N) is 1. The van der Waals surface area contributed by atoms with E-state index in [0.717, 1.165) is 11.3 Å². The van der Waals surface area contributed by atoms with Crippen LogP contribution in [0, 0.1) is 0 Å². The zero-order valence-corrected chi connectivity index (χ0v) is 10.6. The van der Waals surface area contributed by atoms with Crippen molar-refractivity contribution in [2.45, 2.75) is 11.8 Å². The number of hydrogen-bond acceptors (Lipinski definition) is 4. The predicted octanol–water partition coefficient (Wildman–Crippen LogP) is 1.12. The lowest BCUT2D eigenvalue weighted by atomic mass is 9.88. The first-order valence-corrected chi connectivity index (χ1v) is 5.57. The van der Waals surface area contributed by atoms with Crippen LogP contribution in [0.3, 0.4) is 0 Å². The SMILES string of the molecule is COc1ccc(C2(O)CNC2)cc1.O=C(O)C(F)(F)F. The standard InChI is InChI=1S/C10H13NO2.C2HF3O2/c1-13-9-4-2-8(3-5-9)10(12)6-11-7-10;3-2(4,5)1(6)7/h2-5,11-12H,6-7H2,1H3;(H,6,7). The van der Waals surface area contributed by atoms with Crippen molar-refractivity contribution in [1.29, 1.82) is 0 Å². The highest BCUT2D eigenvalue weighted by Gasteiger charge is 2.38. The number of methoxy groups -OCH3 is 1. The average Bonchev–Trinajstić information content (AvgIpc) is 2.36. The highest BCUT2D eigenvalue weighted by Crippen LogP contribution is 2.26. The quantitative estimate of drug-likeness (QED) is 0.761. The Balaban J connectivity index is 0.000000246. The van der Waals surface area contributed by atoms with Gasteiger partial charge in [-0.1, -0.05) is 12.1 Å². The number of ether oxygens (including phenoxy) is 1. The first-order valence-electron chi connectivity index (χ1n) is 5.57. The topological polar surface area (TPSA) is 78.8 Å². The minimum Gasteiger partial charge on any atom is -0.497 e. The van der Waals surface area contributed by atoms with E-state index < -0.39 is 17.7 Å². The lowest BCUT2D eigenvalue weighted by Crippen LogP contribution is -2.56. The maximum atomic E-state index is 10.6. The zero-order valence-electron chi connectivity index (χ0n) is 10.6. The van der Waals surface area contributed by atoms with Gasteiger partial charge in [0.25, 0.3) is 0 Å². The molecule has 0 radical (unpaired) electrons. The van der Waals surface area contributed by atoms with Gasteiger partial charge >= 0.3 is 12.1 Å². The van der Waals surface area contributed by atoms with Crippen LogP contribution in [0.15, 0.2) is 24.3 Å². The Morgan fingerprint density at radius 3 is 2.00 bits per heavy atom. The van der Waals surface area contributed by atoms with E-state index in [0.29, 0.717) is 13.1 Å². The molecular formula is C12H14F3NO4. The number of carbonyl (C=O) groups is 1.